The van der Waals surface area contributed by atoms with E-state index in [4.69, 9.17) is 0 Å². The second kappa shape index (κ2) is 4.20. The lowest BCUT2D eigenvalue weighted by atomic mass is 10.1. The smallest absolute Gasteiger partial charge is 0.271 e. The van der Waals surface area contributed by atoms with E-state index in [9.17, 15) is 9.59 Å². The number of hydrogen-bond acceptors (Lipinski definition) is 4. The summed E-state index contributed by atoms with van der Waals surface area (Å²) in [5.41, 5.74) is 0.162. The Hall–Kier alpha value is -1.69. The van der Waals surface area contributed by atoms with Crippen molar-refractivity contribution in [1.82, 2.24) is 14.7 Å². The van der Waals surface area contributed by atoms with Gasteiger partial charge < -0.3 is 5.32 Å². The molecule has 2 heterocycles. The van der Waals surface area contributed by atoms with Crippen molar-refractivity contribution >= 4 is 22.2 Å². The van der Waals surface area contributed by atoms with Gasteiger partial charge in [-0.3, -0.25) is 14.0 Å². The molecular formula is C12H15N3O2S. The Balaban J connectivity index is 2.53. The molecule has 5 nitrogen and oxygen atoms in total. The van der Waals surface area contributed by atoms with Gasteiger partial charge in [-0.1, -0.05) is 0 Å². The summed E-state index contributed by atoms with van der Waals surface area (Å²) >= 11 is 1.38. The number of amides is 1. The van der Waals surface area contributed by atoms with Crippen LogP contribution in [0, 0.1) is 6.92 Å². The number of nitrogens with one attached hydrogen (secondary N) is 1. The minimum Gasteiger partial charge on any atom is -0.347 e. The molecule has 0 aliphatic carbocycles. The van der Waals surface area contributed by atoms with Crippen LogP contribution < -0.4 is 10.9 Å². The third-order valence-electron chi connectivity index (χ3n) is 2.35. The van der Waals surface area contributed by atoms with Gasteiger partial charge in [-0.05, 0) is 27.7 Å². The zero-order valence-electron chi connectivity index (χ0n) is 10.8. The Kier molecular flexibility index (Phi) is 2.98. The Morgan fingerprint density at radius 3 is 2.72 bits per heavy atom. The average molecular weight is 265 g/mol. The van der Waals surface area contributed by atoms with Crippen LogP contribution in [0.3, 0.4) is 0 Å². The lowest BCUT2D eigenvalue weighted by Gasteiger charge is -2.20. The first kappa shape index (κ1) is 12.8. The second-order valence-corrected chi connectivity index (χ2v) is 6.01. The fourth-order valence-electron chi connectivity index (χ4n) is 1.59. The summed E-state index contributed by atoms with van der Waals surface area (Å²) in [4.78, 5) is 28.9. The van der Waals surface area contributed by atoms with E-state index in [1.165, 1.54) is 21.9 Å². The normalized spacial score (nSPS) is 11.8. The molecule has 0 spiro atoms. The molecule has 1 N–H and O–H groups in total. The van der Waals surface area contributed by atoms with E-state index in [1.54, 1.807) is 0 Å². The van der Waals surface area contributed by atoms with Crippen LogP contribution in [-0.4, -0.2) is 20.8 Å². The highest BCUT2D eigenvalue weighted by molar-refractivity contribution is 7.15. The van der Waals surface area contributed by atoms with Gasteiger partial charge in [-0.15, -0.1) is 11.3 Å². The van der Waals surface area contributed by atoms with Gasteiger partial charge in [0.25, 0.3) is 11.5 Å². The van der Waals surface area contributed by atoms with E-state index in [0.29, 0.717) is 4.96 Å². The van der Waals surface area contributed by atoms with Gasteiger partial charge in [0.2, 0.25) is 0 Å². The van der Waals surface area contributed by atoms with Gasteiger partial charge >= 0.3 is 0 Å². The van der Waals surface area contributed by atoms with Gasteiger partial charge in [0.15, 0.2) is 4.96 Å². The molecule has 0 unspecified atom stereocenters. The first-order chi connectivity index (χ1) is 8.29. The third kappa shape index (κ3) is 2.28. The number of fused-ring (bicyclic) bond motifs is 1. The molecule has 0 aliphatic rings. The van der Waals surface area contributed by atoms with Crippen molar-refractivity contribution in [2.24, 2.45) is 0 Å². The quantitative estimate of drug-likeness (QED) is 0.851. The van der Waals surface area contributed by atoms with Gasteiger partial charge in [-0.2, -0.15) is 0 Å². The largest absolute Gasteiger partial charge is 0.347 e. The van der Waals surface area contributed by atoms with Crippen LogP contribution in [0.4, 0.5) is 0 Å². The highest BCUT2D eigenvalue weighted by Gasteiger charge is 2.19. The molecule has 0 saturated heterocycles. The molecule has 2 aromatic rings. The van der Waals surface area contributed by atoms with Gasteiger partial charge in [0, 0.05) is 22.8 Å². The lowest BCUT2D eigenvalue weighted by molar-refractivity contribution is 0.0917. The number of rotatable bonds is 1. The van der Waals surface area contributed by atoms with Gasteiger partial charge in [0.1, 0.15) is 5.56 Å². The molecule has 0 radical (unpaired) electrons. The van der Waals surface area contributed by atoms with Crippen molar-refractivity contribution in [3.63, 3.8) is 0 Å². The highest BCUT2D eigenvalue weighted by atomic mass is 32.1. The van der Waals surface area contributed by atoms with Gasteiger partial charge in [-0.25, -0.2) is 4.98 Å². The molecule has 0 fully saturated rings. The molecule has 0 bridgehead atoms. The molecule has 2 rings (SSSR count). The monoisotopic (exact) mass is 265 g/mol. The number of hydrogen-bond donors (Lipinski definition) is 1. The predicted molar refractivity (Wildman–Crippen MR) is 71.3 cm³/mol. The lowest BCUT2D eigenvalue weighted by Crippen LogP contribution is -2.43. The zero-order valence-corrected chi connectivity index (χ0v) is 11.6. The minimum atomic E-state index is -0.389. The molecule has 0 aliphatic heterocycles. The fourth-order valence-corrected chi connectivity index (χ4v) is 2.42. The van der Waals surface area contributed by atoms with Gasteiger partial charge in [0.05, 0.1) is 0 Å². The molecule has 6 heteroatoms. The van der Waals surface area contributed by atoms with E-state index >= 15 is 0 Å². The second-order valence-electron chi connectivity index (χ2n) is 5.18. The summed E-state index contributed by atoms with van der Waals surface area (Å²) in [7, 11) is 0. The summed E-state index contributed by atoms with van der Waals surface area (Å²) in [6.45, 7) is 7.41. The summed E-state index contributed by atoms with van der Waals surface area (Å²) in [5.74, 6) is -0.389. The Morgan fingerprint density at radius 2 is 2.11 bits per heavy atom. The van der Waals surface area contributed by atoms with Crippen molar-refractivity contribution in [2.75, 3.05) is 0 Å². The standard InChI is InChI=1S/C12H15N3O2S/c1-7-6-18-11-13-5-8(10(17)15(7)11)9(16)14-12(2,3)4/h5-6H,1-4H3,(H,14,16). The van der Waals surface area contributed by atoms with E-state index in [1.807, 2.05) is 33.1 Å². The van der Waals surface area contributed by atoms with Crippen molar-refractivity contribution in [1.29, 1.82) is 0 Å². The van der Waals surface area contributed by atoms with Crippen LogP contribution in [0.5, 0.6) is 0 Å². The summed E-state index contributed by atoms with van der Waals surface area (Å²) in [5, 5.41) is 4.61. The molecule has 0 aromatic carbocycles. The van der Waals surface area contributed by atoms with E-state index < -0.39 is 0 Å². The molecule has 0 atom stereocenters. The van der Waals surface area contributed by atoms with Crippen LogP contribution >= 0.6 is 11.3 Å². The van der Waals surface area contributed by atoms with E-state index in [0.717, 1.165) is 5.69 Å². The maximum atomic E-state index is 12.2. The van der Waals surface area contributed by atoms with Crippen LogP contribution in [0.25, 0.3) is 4.96 Å². The Bertz CT molecular complexity index is 664. The van der Waals surface area contributed by atoms with Crippen molar-refractivity contribution in [3.05, 3.63) is 33.2 Å². The number of carbonyl (C=O) groups is 1. The topological polar surface area (TPSA) is 63.5 Å². The molecule has 2 aromatic heterocycles. The van der Waals surface area contributed by atoms with Crippen LogP contribution in [0.1, 0.15) is 36.8 Å². The third-order valence-corrected chi connectivity index (χ3v) is 3.31. The number of carbonyl (C=O) groups excluding carboxylic acids is 1. The number of nitrogens with zero attached hydrogens (tertiary/aromatic N) is 2. The number of aryl methyl sites for hydroxylation is 1. The average Bonchev–Trinajstić information content (AvgIpc) is 2.58. The van der Waals surface area contributed by atoms with Crippen LogP contribution in [0.2, 0.25) is 0 Å². The Labute approximate surface area is 108 Å². The molecule has 0 saturated carbocycles. The van der Waals surface area contributed by atoms with E-state index in [2.05, 4.69) is 10.3 Å². The highest BCUT2D eigenvalue weighted by Crippen LogP contribution is 2.11. The summed E-state index contributed by atoms with van der Waals surface area (Å²) in [6, 6.07) is 0. The van der Waals surface area contributed by atoms with Crippen molar-refractivity contribution in [2.45, 2.75) is 33.2 Å². The molecular weight excluding hydrogens is 250 g/mol. The summed E-state index contributed by atoms with van der Waals surface area (Å²) in [6.07, 6.45) is 1.34. The van der Waals surface area contributed by atoms with Crippen molar-refractivity contribution < 1.29 is 4.79 Å². The summed E-state index contributed by atoms with van der Waals surface area (Å²) < 4.78 is 1.46. The molecule has 1 amide bonds. The predicted octanol–water partition coefficient (Wildman–Crippen LogP) is 1.59. The number of thiazole rings is 1. The van der Waals surface area contributed by atoms with Crippen LogP contribution in [0.15, 0.2) is 16.4 Å². The fraction of sp³-hybridized carbons (Fsp3) is 0.417. The zero-order chi connectivity index (χ0) is 13.5. The van der Waals surface area contributed by atoms with Crippen molar-refractivity contribution in [3.8, 4) is 0 Å². The first-order valence-electron chi connectivity index (χ1n) is 5.58. The maximum absolute atomic E-state index is 12.2. The Morgan fingerprint density at radius 1 is 1.44 bits per heavy atom. The molecule has 96 valence electrons. The first-order valence-corrected chi connectivity index (χ1v) is 6.46. The maximum Gasteiger partial charge on any atom is 0.271 e. The van der Waals surface area contributed by atoms with Crippen LogP contribution in [-0.2, 0) is 0 Å². The minimum absolute atomic E-state index is 0.0731. The van der Waals surface area contributed by atoms with E-state index in [-0.39, 0.29) is 22.6 Å². The number of aromatic nitrogens is 2. The molecule has 18 heavy (non-hydrogen) atoms. The SMILES string of the molecule is Cc1csc2ncc(C(=O)NC(C)(C)C)c(=O)n12.